The molecular formula is C13H19N3O. The van der Waals surface area contributed by atoms with Gasteiger partial charge < -0.3 is 10.1 Å². The number of pyridine rings is 1. The van der Waals surface area contributed by atoms with Gasteiger partial charge in [0, 0.05) is 13.0 Å². The van der Waals surface area contributed by atoms with Crippen LogP contribution >= 0.6 is 0 Å². The van der Waals surface area contributed by atoms with Gasteiger partial charge in [-0.05, 0) is 18.7 Å². The predicted molar refractivity (Wildman–Crippen MR) is 68.5 cm³/mol. The molecule has 0 atom stereocenters. The first-order valence-electron chi connectivity index (χ1n) is 6.05. The van der Waals surface area contributed by atoms with Crippen LogP contribution < -0.4 is 10.1 Å². The van der Waals surface area contributed by atoms with Gasteiger partial charge in [-0.3, -0.25) is 4.40 Å². The van der Waals surface area contributed by atoms with Gasteiger partial charge in [0.1, 0.15) is 5.82 Å². The third kappa shape index (κ3) is 2.13. The Morgan fingerprint density at radius 2 is 2.18 bits per heavy atom. The number of nitrogens with zero attached hydrogens (tertiary/aromatic N) is 2. The van der Waals surface area contributed by atoms with Crippen LogP contribution in [0.3, 0.4) is 0 Å². The van der Waals surface area contributed by atoms with Crippen molar-refractivity contribution in [3.8, 4) is 5.88 Å². The maximum absolute atomic E-state index is 5.39. The molecule has 92 valence electrons. The quantitative estimate of drug-likeness (QED) is 0.858. The van der Waals surface area contributed by atoms with Gasteiger partial charge in [-0.25, -0.2) is 4.98 Å². The molecule has 0 saturated heterocycles. The molecule has 0 fully saturated rings. The molecule has 17 heavy (non-hydrogen) atoms. The van der Waals surface area contributed by atoms with E-state index >= 15 is 0 Å². The molecule has 0 aromatic carbocycles. The van der Waals surface area contributed by atoms with Crippen LogP contribution in [-0.4, -0.2) is 23.0 Å². The first-order chi connectivity index (χ1) is 8.31. The lowest BCUT2D eigenvalue weighted by Crippen LogP contribution is -2.12. The Hall–Kier alpha value is -1.55. The summed E-state index contributed by atoms with van der Waals surface area (Å²) in [5, 5.41) is 3.31. The number of aromatic nitrogens is 2. The van der Waals surface area contributed by atoms with Crippen LogP contribution in [0.15, 0.2) is 18.2 Å². The van der Waals surface area contributed by atoms with Crippen LogP contribution in [0.2, 0.25) is 0 Å². The highest BCUT2D eigenvalue weighted by Crippen LogP contribution is 2.21. The second-order valence-corrected chi connectivity index (χ2v) is 3.90. The molecule has 0 amide bonds. The molecular weight excluding hydrogens is 214 g/mol. The lowest BCUT2D eigenvalue weighted by molar-refractivity contribution is 0.390. The topological polar surface area (TPSA) is 38.6 Å². The Kier molecular flexibility index (Phi) is 3.64. The molecule has 4 heteroatoms. The zero-order valence-electron chi connectivity index (χ0n) is 10.7. The molecule has 0 spiro atoms. The zero-order valence-corrected chi connectivity index (χ0v) is 10.7. The highest BCUT2D eigenvalue weighted by molar-refractivity contribution is 5.55. The first kappa shape index (κ1) is 11.9. The Bertz CT molecular complexity index is 505. The van der Waals surface area contributed by atoms with Crippen molar-refractivity contribution in [3.63, 3.8) is 0 Å². The Morgan fingerprint density at radius 1 is 1.35 bits per heavy atom. The van der Waals surface area contributed by atoms with Crippen molar-refractivity contribution in [1.29, 1.82) is 0 Å². The Balaban J connectivity index is 2.55. The molecule has 1 N–H and O–H groups in total. The Morgan fingerprint density at radius 3 is 2.82 bits per heavy atom. The van der Waals surface area contributed by atoms with Crippen LogP contribution in [0, 0.1) is 0 Å². The SMILES string of the molecule is CCNCc1nc(CC)n2c(OC)cccc12. The second-order valence-electron chi connectivity index (χ2n) is 3.90. The van der Waals surface area contributed by atoms with Crippen molar-refractivity contribution in [1.82, 2.24) is 14.7 Å². The summed E-state index contributed by atoms with van der Waals surface area (Å²) >= 11 is 0. The van der Waals surface area contributed by atoms with E-state index in [1.807, 2.05) is 12.1 Å². The number of nitrogens with one attached hydrogen (secondary N) is 1. The van der Waals surface area contributed by atoms with Gasteiger partial charge in [0.25, 0.3) is 0 Å². The number of imidazole rings is 1. The molecule has 2 aromatic rings. The number of hydrogen-bond acceptors (Lipinski definition) is 3. The molecule has 0 aliphatic rings. The minimum absolute atomic E-state index is 0.799. The summed E-state index contributed by atoms with van der Waals surface area (Å²) in [6.07, 6.45) is 0.896. The molecule has 2 aromatic heterocycles. The largest absolute Gasteiger partial charge is 0.482 e. The van der Waals surface area contributed by atoms with E-state index in [2.05, 4.69) is 34.6 Å². The number of rotatable bonds is 5. The van der Waals surface area contributed by atoms with Gasteiger partial charge in [-0.15, -0.1) is 0 Å². The van der Waals surface area contributed by atoms with Crippen molar-refractivity contribution in [2.75, 3.05) is 13.7 Å². The van der Waals surface area contributed by atoms with E-state index in [0.29, 0.717) is 0 Å². The first-order valence-corrected chi connectivity index (χ1v) is 6.05. The normalized spacial score (nSPS) is 11.0. The third-order valence-corrected chi connectivity index (χ3v) is 2.84. The molecule has 0 saturated carbocycles. The van der Waals surface area contributed by atoms with Gasteiger partial charge in [0.05, 0.1) is 18.3 Å². The van der Waals surface area contributed by atoms with Crippen LogP contribution in [0.1, 0.15) is 25.4 Å². The average molecular weight is 233 g/mol. The smallest absolute Gasteiger partial charge is 0.199 e. The third-order valence-electron chi connectivity index (χ3n) is 2.84. The van der Waals surface area contributed by atoms with Crippen LogP contribution in [0.4, 0.5) is 0 Å². The standard InChI is InChI=1S/C13H19N3O/c1-4-12-15-10(9-14-5-2)11-7-6-8-13(17-3)16(11)12/h6-8,14H,4-5,9H2,1-3H3. The number of methoxy groups -OCH3 is 1. The highest BCUT2D eigenvalue weighted by atomic mass is 16.5. The monoisotopic (exact) mass is 233 g/mol. The van der Waals surface area contributed by atoms with Gasteiger partial charge in [-0.1, -0.05) is 19.9 Å². The number of aryl methyl sites for hydroxylation is 1. The molecule has 2 rings (SSSR count). The number of fused-ring (bicyclic) bond motifs is 1. The average Bonchev–Trinajstić information content (AvgIpc) is 2.74. The predicted octanol–water partition coefficient (Wildman–Crippen LogP) is 2.01. The summed E-state index contributed by atoms with van der Waals surface area (Å²) < 4.78 is 7.48. The van der Waals surface area contributed by atoms with E-state index in [1.165, 1.54) is 0 Å². The molecule has 4 nitrogen and oxygen atoms in total. The summed E-state index contributed by atoms with van der Waals surface area (Å²) in [7, 11) is 1.69. The van der Waals surface area contributed by atoms with E-state index in [1.54, 1.807) is 7.11 Å². The zero-order chi connectivity index (χ0) is 12.3. The van der Waals surface area contributed by atoms with E-state index in [0.717, 1.165) is 42.4 Å². The van der Waals surface area contributed by atoms with Crippen molar-refractivity contribution in [2.24, 2.45) is 0 Å². The molecule has 0 aliphatic heterocycles. The van der Waals surface area contributed by atoms with Crippen LogP contribution in [0.25, 0.3) is 5.52 Å². The summed E-state index contributed by atoms with van der Waals surface area (Å²) in [4.78, 5) is 4.67. The molecule has 0 radical (unpaired) electrons. The van der Waals surface area contributed by atoms with Crippen LogP contribution in [-0.2, 0) is 13.0 Å². The molecule has 0 unspecified atom stereocenters. The van der Waals surface area contributed by atoms with E-state index in [9.17, 15) is 0 Å². The van der Waals surface area contributed by atoms with Crippen LogP contribution in [0.5, 0.6) is 5.88 Å². The fourth-order valence-electron chi connectivity index (χ4n) is 2.01. The minimum Gasteiger partial charge on any atom is -0.482 e. The van der Waals surface area contributed by atoms with Crippen molar-refractivity contribution in [3.05, 3.63) is 29.7 Å². The summed E-state index contributed by atoms with van der Waals surface area (Å²) in [6, 6.07) is 6.05. The lowest BCUT2D eigenvalue weighted by Gasteiger charge is -2.06. The fourth-order valence-corrected chi connectivity index (χ4v) is 2.01. The van der Waals surface area contributed by atoms with Crippen molar-refractivity contribution >= 4 is 5.52 Å². The van der Waals surface area contributed by atoms with Crippen molar-refractivity contribution < 1.29 is 4.74 Å². The summed E-state index contributed by atoms with van der Waals surface area (Å²) in [5.41, 5.74) is 2.21. The second kappa shape index (κ2) is 5.19. The fraction of sp³-hybridized carbons (Fsp3) is 0.462. The van der Waals surface area contributed by atoms with Gasteiger partial charge in [0.15, 0.2) is 5.88 Å². The molecule has 0 aliphatic carbocycles. The Labute approximate surface area is 102 Å². The highest BCUT2D eigenvalue weighted by Gasteiger charge is 2.12. The van der Waals surface area contributed by atoms with E-state index in [-0.39, 0.29) is 0 Å². The number of ether oxygens (including phenoxy) is 1. The van der Waals surface area contributed by atoms with Gasteiger partial charge in [0.2, 0.25) is 0 Å². The minimum atomic E-state index is 0.799. The summed E-state index contributed by atoms with van der Waals surface area (Å²) in [5.74, 6) is 1.89. The van der Waals surface area contributed by atoms with E-state index < -0.39 is 0 Å². The lowest BCUT2D eigenvalue weighted by atomic mass is 10.3. The van der Waals surface area contributed by atoms with Gasteiger partial charge >= 0.3 is 0 Å². The molecule has 2 heterocycles. The van der Waals surface area contributed by atoms with Gasteiger partial charge in [-0.2, -0.15) is 0 Å². The van der Waals surface area contributed by atoms with Crippen molar-refractivity contribution in [2.45, 2.75) is 26.8 Å². The molecule has 0 bridgehead atoms. The summed E-state index contributed by atoms with van der Waals surface area (Å²) in [6.45, 7) is 5.95. The number of hydrogen-bond donors (Lipinski definition) is 1. The maximum Gasteiger partial charge on any atom is 0.199 e. The maximum atomic E-state index is 5.39. The van der Waals surface area contributed by atoms with E-state index in [4.69, 9.17) is 4.74 Å².